The summed E-state index contributed by atoms with van der Waals surface area (Å²) in [4.78, 5) is 11.7. The summed E-state index contributed by atoms with van der Waals surface area (Å²) in [6.45, 7) is 7.23. The van der Waals surface area contributed by atoms with Crippen LogP contribution in [0.15, 0.2) is 0 Å². The van der Waals surface area contributed by atoms with Crippen LogP contribution in [0, 0.1) is 5.41 Å². The van der Waals surface area contributed by atoms with E-state index in [1.807, 2.05) is 20.8 Å². The van der Waals surface area contributed by atoms with E-state index in [9.17, 15) is 13.2 Å². The largest absolute Gasteiger partial charge is 0.351 e. The molecular formula is C10H23ClN2O3S. The summed E-state index contributed by atoms with van der Waals surface area (Å²) in [6, 6.07) is -1.06. The lowest BCUT2D eigenvalue weighted by molar-refractivity contribution is -0.124. The zero-order valence-corrected chi connectivity index (χ0v) is 12.6. The minimum Gasteiger partial charge on any atom is -0.351 e. The predicted molar refractivity (Wildman–Crippen MR) is 72.0 cm³/mol. The SMILES string of the molecule is CC(CS(C)(=O)=O)NC(=O)[C@@H](N)C(C)(C)C.Cl. The molecule has 0 aromatic rings. The van der Waals surface area contributed by atoms with E-state index >= 15 is 0 Å². The van der Waals surface area contributed by atoms with Gasteiger partial charge in [-0.05, 0) is 12.3 Å². The number of halogens is 1. The Bertz CT molecular complexity index is 349. The normalized spacial score (nSPS) is 15.6. The molecule has 0 aliphatic heterocycles. The Kier molecular flexibility index (Phi) is 7.34. The van der Waals surface area contributed by atoms with Crippen molar-refractivity contribution in [3.05, 3.63) is 0 Å². The van der Waals surface area contributed by atoms with Gasteiger partial charge in [-0.15, -0.1) is 12.4 Å². The molecule has 0 spiro atoms. The minimum absolute atomic E-state index is 0. The van der Waals surface area contributed by atoms with Crippen molar-refractivity contribution < 1.29 is 13.2 Å². The molecule has 0 aromatic heterocycles. The van der Waals surface area contributed by atoms with Gasteiger partial charge in [0.1, 0.15) is 9.84 Å². The van der Waals surface area contributed by atoms with E-state index in [0.29, 0.717) is 0 Å². The summed E-state index contributed by atoms with van der Waals surface area (Å²) in [7, 11) is -3.09. The van der Waals surface area contributed by atoms with Gasteiger partial charge in [0.2, 0.25) is 5.91 Å². The minimum atomic E-state index is -3.09. The van der Waals surface area contributed by atoms with Gasteiger partial charge in [0.25, 0.3) is 0 Å². The van der Waals surface area contributed by atoms with Crippen LogP contribution in [0.25, 0.3) is 0 Å². The van der Waals surface area contributed by atoms with E-state index in [-0.39, 0.29) is 29.5 Å². The second kappa shape index (κ2) is 6.56. The molecule has 0 radical (unpaired) electrons. The Morgan fingerprint density at radius 1 is 1.35 bits per heavy atom. The molecule has 3 N–H and O–H groups in total. The average molecular weight is 287 g/mol. The van der Waals surface area contributed by atoms with E-state index in [1.54, 1.807) is 6.92 Å². The molecule has 1 amide bonds. The molecule has 0 saturated carbocycles. The third-order valence-electron chi connectivity index (χ3n) is 2.16. The molecule has 0 saturated heterocycles. The van der Waals surface area contributed by atoms with Crippen LogP contribution >= 0.6 is 12.4 Å². The topological polar surface area (TPSA) is 89.3 Å². The molecule has 0 heterocycles. The highest BCUT2D eigenvalue weighted by Crippen LogP contribution is 2.17. The maximum Gasteiger partial charge on any atom is 0.237 e. The molecule has 17 heavy (non-hydrogen) atoms. The van der Waals surface area contributed by atoms with Crippen molar-refractivity contribution in [2.75, 3.05) is 12.0 Å². The summed E-state index contributed by atoms with van der Waals surface area (Å²) in [5, 5.41) is 2.60. The molecule has 0 aromatic carbocycles. The lowest BCUT2D eigenvalue weighted by Gasteiger charge is -2.27. The third kappa shape index (κ3) is 8.40. The lowest BCUT2D eigenvalue weighted by atomic mass is 9.87. The molecular weight excluding hydrogens is 264 g/mol. The molecule has 2 atom stereocenters. The summed E-state index contributed by atoms with van der Waals surface area (Å²) in [5.41, 5.74) is 5.41. The van der Waals surface area contributed by atoms with E-state index in [4.69, 9.17) is 5.73 Å². The molecule has 0 bridgehead atoms. The Morgan fingerprint density at radius 3 is 2.06 bits per heavy atom. The molecule has 104 valence electrons. The first-order valence-electron chi connectivity index (χ1n) is 5.17. The maximum absolute atomic E-state index is 11.7. The van der Waals surface area contributed by atoms with E-state index < -0.39 is 21.9 Å². The van der Waals surface area contributed by atoms with Crippen LogP contribution in [-0.2, 0) is 14.6 Å². The third-order valence-corrected chi connectivity index (χ3v) is 3.26. The van der Waals surface area contributed by atoms with Crippen molar-refractivity contribution in [2.45, 2.75) is 39.8 Å². The van der Waals surface area contributed by atoms with Gasteiger partial charge in [-0.1, -0.05) is 20.8 Å². The Labute approximate surface area is 110 Å². The first kappa shape index (κ1) is 19.0. The zero-order chi connectivity index (χ0) is 13.1. The molecule has 5 nitrogen and oxygen atoms in total. The van der Waals surface area contributed by atoms with Crippen LogP contribution in [-0.4, -0.2) is 38.4 Å². The van der Waals surface area contributed by atoms with Gasteiger partial charge < -0.3 is 11.1 Å². The van der Waals surface area contributed by atoms with Gasteiger partial charge in [0.05, 0.1) is 11.8 Å². The summed E-state index contributed by atoms with van der Waals surface area (Å²) in [5.74, 6) is -0.390. The number of amides is 1. The van der Waals surface area contributed by atoms with Gasteiger partial charge in [0.15, 0.2) is 0 Å². The first-order valence-corrected chi connectivity index (χ1v) is 7.23. The van der Waals surface area contributed by atoms with Crippen molar-refractivity contribution in [3.8, 4) is 0 Å². The second-order valence-corrected chi connectivity index (χ2v) is 7.53. The number of sulfone groups is 1. The van der Waals surface area contributed by atoms with Gasteiger partial charge >= 0.3 is 0 Å². The molecule has 7 heteroatoms. The molecule has 0 aliphatic rings. The quantitative estimate of drug-likeness (QED) is 0.779. The van der Waals surface area contributed by atoms with E-state index in [1.165, 1.54) is 0 Å². The Hall–Kier alpha value is -0.330. The molecule has 1 unspecified atom stereocenters. The van der Waals surface area contributed by atoms with Crippen LogP contribution in [0.2, 0.25) is 0 Å². The maximum atomic E-state index is 11.7. The number of nitrogens with one attached hydrogen (secondary N) is 1. The van der Waals surface area contributed by atoms with Gasteiger partial charge in [0, 0.05) is 12.3 Å². The fraction of sp³-hybridized carbons (Fsp3) is 0.900. The number of hydrogen-bond donors (Lipinski definition) is 2. The Morgan fingerprint density at radius 2 is 1.76 bits per heavy atom. The van der Waals surface area contributed by atoms with E-state index in [0.717, 1.165) is 6.26 Å². The van der Waals surface area contributed by atoms with Crippen LogP contribution < -0.4 is 11.1 Å². The highest BCUT2D eigenvalue weighted by atomic mass is 35.5. The van der Waals surface area contributed by atoms with Crippen molar-refractivity contribution >= 4 is 28.2 Å². The van der Waals surface area contributed by atoms with Crippen LogP contribution in [0.4, 0.5) is 0 Å². The van der Waals surface area contributed by atoms with Crippen LogP contribution in [0.5, 0.6) is 0 Å². The van der Waals surface area contributed by atoms with E-state index in [2.05, 4.69) is 5.32 Å². The number of rotatable bonds is 4. The highest BCUT2D eigenvalue weighted by Gasteiger charge is 2.28. The van der Waals surface area contributed by atoms with Crippen molar-refractivity contribution in [2.24, 2.45) is 11.1 Å². The fourth-order valence-electron chi connectivity index (χ4n) is 1.22. The zero-order valence-electron chi connectivity index (χ0n) is 11.0. The number of carbonyl (C=O) groups excluding carboxylic acids is 1. The number of carbonyl (C=O) groups is 1. The van der Waals surface area contributed by atoms with Crippen molar-refractivity contribution in [1.82, 2.24) is 5.32 Å². The monoisotopic (exact) mass is 286 g/mol. The summed E-state index contributed by atoms with van der Waals surface area (Å²) in [6.07, 6.45) is 1.14. The van der Waals surface area contributed by atoms with Crippen LogP contribution in [0.1, 0.15) is 27.7 Å². The number of nitrogens with two attached hydrogens (primary N) is 1. The lowest BCUT2D eigenvalue weighted by Crippen LogP contribution is -2.51. The first-order chi connectivity index (χ1) is 6.93. The average Bonchev–Trinajstić information content (AvgIpc) is 1.96. The number of hydrogen-bond acceptors (Lipinski definition) is 4. The smallest absolute Gasteiger partial charge is 0.237 e. The Balaban J connectivity index is 0. The van der Waals surface area contributed by atoms with Gasteiger partial charge in [-0.3, -0.25) is 4.79 Å². The summed E-state index contributed by atoms with van der Waals surface area (Å²) >= 11 is 0. The second-order valence-electron chi connectivity index (χ2n) is 5.35. The van der Waals surface area contributed by atoms with Crippen molar-refractivity contribution in [1.29, 1.82) is 0 Å². The van der Waals surface area contributed by atoms with Crippen LogP contribution in [0.3, 0.4) is 0 Å². The molecule has 0 aliphatic carbocycles. The summed E-state index contributed by atoms with van der Waals surface area (Å²) < 4.78 is 22.0. The predicted octanol–water partition coefficient (Wildman–Crippen LogP) is 0.331. The fourth-order valence-corrected chi connectivity index (χ4v) is 2.21. The molecule has 0 rings (SSSR count). The van der Waals surface area contributed by atoms with Crippen molar-refractivity contribution in [3.63, 3.8) is 0 Å². The highest BCUT2D eigenvalue weighted by molar-refractivity contribution is 7.90. The van der Waals surface area contributed by atoms with Gasteiger partial charge in [-0.2, -0.15) is 0 Å². The molecule has 0 fully saturated rings. The van der Waals surface area contributed by atoms with Gasteiger partial charge in [-0.25, -0.2) is 8.42 Å². The standard InChI is InChI=1S/C10H22N2O3S.ClH/c1-7(6-16(5,14)15)12-9(13)8(11)10(2,3)4;/h7-8H,6,11H2,1-5H3,(H,12,13);1H/t7?,8-;/m1./s1.